The standard InChI is InChI=1S/C11H14N2O2/c14-11(9-1-6-15-8-9)10-7-12-2-4-13(10)5-3-12/h1,6,8,10H,2-5,7H2. The summed E-state index contributed by atoms with van der Waals surface area (Å²) in [5.41, 5.74) is 0.703. The van der Waals surface area contributed by atoms with Gasteiger partial charge in [0.2, 0.25) is 0 Å². The topological polar surface area (TPSA) is 36.7 Å². The molecule has 3 aliphatic rings. The van der Waals surface area contributed by atoms with Crippen molar-refractivity contribution in [3.05, 3.63) is 24.2 Å². The van der Waals surface area contributed by atoms with Crippen LogP contribution in [0.1, 0.15) is 10.4 Å². The molecule has 0 aromatic carbocycles. The lowest BCUT2D eigenvalue weighted by atomic mass is 10.0. The summed E-state index contributed by atoms with van der Waals surface area (Å²) in [5, 5.41) is 0. The van der Waals surface area contributed by atoms with Crippen LogP contribution in [0.15, 0.2) is 23.0 Å². The van der Waals surface area contributed by atoms with E-state index in [1.807, 2.05) is 0 Å². The molecule has 4 heterocycles. The Morgan fingerprint density at radius 2 is 2.13 bits per heavy atom. The Morgan fingerprint density at radius 3 is 2.67 bits per heavy atom. The van der Waals surface area contributed by atoms with Gasteiger partial charge >= 0.3 is 0 Å². The summed E-state index contributed by atoms with van der Waals surface area (Å²) in [6.45, 7) is 5.14. The highest BCUT2D eigenvalue weighted by Gasteiger charge is 2.36. The Hall–Kier alpha value is -1.13. The largest absolute Gasteiger partial charge is 0.472 e. The van der Waals surface area contributed by atoms with E-state index in [0.717, 1.165) is 32.7 Å². The average molecular weight is 206 g/mol. The summed E-state index contributed by atoms with van der Waals surface area (Å²) in [4.78, 5) is 16.8. The minimum Gasteiger partial charge on any atom is -0.472 e. The number of furan rings is 1. The van der Waals surface area contributed by atoms with Crippen molar-refractivity contribution in [2.45, 2.75) is 6.04 Å². The number of hydrogen-bond acceptors (Lipinski definition) is 4. The second kappa shape index (κ2) is 3.47. The first-order valence-electron chi connectivity index (χ1n) is 5.37. The van der Waals surface area contributed by atoms with Crippen molar-refractivity contribution in [1.82, 2.24) is 9.80 Å². The fourth-order valence-corrected chi connectivity index (χ4v) is 2.46. The second-order valence-electron chi connectivity index (χ2n) is 4.23. The zero-order valence-corrected chi connectivity index (χ0v) is 8.56. The average Bonchev–Trinajstić information content (AvgIpc) is 2.83. The van der Waals surface area contributed by atoms with Gasteiger partial charge in [-0.2, -0.15) is 0 Å². The number of hydrogen-bond donors (Lipinski definition) is 0. The van der Waals surface area contributed by atoms with Crippen molar-refractivity contribution >= 4 is 5.78 Å². The van der Waals surface area contributed by atoms with E-state index in [2.05, 4.69) is 9.80 Å². The molecule has 80 valence electrons. The lowest BCUT2D eigenvalue weighted by Crippen LogP contribution is -2.63. The van der Waals surface area contributed by atoms with Gasteiger partial charge in [0.15, 0.2) is 5.78 Å². The highest BCUT2D eigenvalue weighted by molar-refractivity contribution is 6.00. The molecule has 1 aromatic heterocycles. The van der Waals surface area contributed by atoms with E-state index >= 15 is 0 Å². The van der Waals surface area contributed by atoms with Crippen LogP contribution in [0.25, 0.3) is 0 Å². The van der Waals surface area contributed by atoms with Crippen LogP contribution >= 0.6 is 0 Å². The maximum Gasteiger partial charge on any atom is 0.184 e. The Morgan fingerprint density at radius 1 is 1.33 bits per heavy atom. The molecule has 4 nitrogen and oxygen atoms in total. The molecule has 0 spiro atoms. The van der Waals surface area contributed by atoms with Crippen LogP contribution in [0.3, 0.4) is 0 Å². The quantitative estimate of drug-likeness (QED) is 0.659. The van der Waals surface area contributed by atoms with Crippen LogP contribution in [0, 0.1) is 0 Å². The number of nitrogens with zero attached hydrogens (tertiary/aromatic N) is 2. The van der Waals surface area contributed by atoms with Crippen LogP contribution < -0.4 is 0 Å². The fraction of sp³-hybridized carbons (Fsp3) is 0.545. The monoisotopic (exact) mass is 206 g/mol. The van der Waals surface area contributed by atoms with Gasteiger partial charge in [-0.15, -0.1) is 0 Å². The van der Waals surface area contributed by atoms with E-state index in [1.165, 1.54) is 0 Å². The van der Waals surface area contributed by atoms with Crippen LogP contribution in [-0.2, 0) is 0 Å². The van der Waals surface area contributed by atoms with E-state index in [9.17, 15) is 4.79 Å². The Bertz CT molecular complexity index is 353. The Balaban J connectivity index is 1.80. The molecule has 0 amide bonds. The molecule has 3 fully saturated rings. The maximum atomic E-state index is 12.1. The van der Waals surface area contributed by atoms with Crippen LogP contribution in [0.5, 0.6) is 0 Å². The molecule has 0 N–H and O–H groups in total. The van der Waals surface area contributed by atoms with Gasteiger partial charge < -0.3 is 4.42 Å². The predicted molar refractivity (Wildman–Crippen MR) is 54.8 cm³/mol. The zero-order chi connectivity index (χ0) is 10.3. The van der Waals surface area contributed by atoms with Crippen LogP contribution in [0.2, 0.25) is 0 Å². The molecule has 15 heavy (non-hydrogen) atoms. The molecule has 2 bridgehead atoms. The van der Waals surface area contributed by atoms with Crippen molar-refractivity contribution < 1.29 is 9.21 Å². The number of ketones is 1. The third kappa shape index (κ3) is 1.50. The molecule has 1 atom stereocenters. The first kappa shape index (κ1) is 9.12. The summed E-state index contributed by atoms with van der Waals surface area (Å²) in [6, 6.07) is 1.80. The summed E-state index contributed by atoms with van der Waals surface area (Å²) in [5.74, 6) is 0.202. The minimum absolute atomic E-state index is 0.0464. The van der Waals surface area contributed by atoms with E-state index in [4.69, 9.17) is 4.42 Å². The molecule has 0 radical (unpaired) electrons. The Kier molecular flexibility index (Phi) is 2.11. The van der Waals surface area contributed by atoms with Gasteiger partial charge in [-0.3, -0.25) is 14.6 Å². The second-order valence-corrected chi connectivity index (χ2v) is 4.23. The minimum atomic E-state index is 0.0464. The number of rotatable bonds is 2. The molecule has 1 unspecified atom stereocenters. The molecule has 4 heteroatoms. The van der Waals surface area contributed by atoms with Gasteiger partial charge in [0.1, 0.15) is 6.26 Å². The Labute approximate surface area is 88.4 Å². The summed E-state index contributed by atoms with van der Waals surface area (Å²) >= 11 is 0. The van der Waals surface area contributed by atoms with Gasteiger partial charge in [-0.05, 0) is 6.07 Å². The summed E-state index contributed by atoms with van der Waals surface area (Å²) in [6.07, 6.45) is 3.10. The molecular weight excluding hydrogens is 192 g/mol. The predicted octanol–water partition coefficient (Wildman–Crippen LogP) is 0.462. The number of carbonyl (C=O) groups excluding carboxylic acids is 1. The maximum absolute atomic E-state index is 12.1. The number of carbonyl (C=O) groups is 1. The van der Waals surface area contributed by atoms with Crippen molar-refractivity contribution in [3.63, 3.8) is 0 Å². The first-order chi connectivity index (χ1) is 7.34. The van der Waals surface area contributed by atoms with E-state index in [1.54, 1.807) is 18.6 Å². The number of fused-ring (bicyclic) bond motifs is 3. The van der Waals surface area contributed by atoms with Crippen molar-refractivity contribution in [1.29, 1.82) is 0 Å². The van der Waals surface area contributed by atoms with Gasteiger partial charge in [-0.1, -0.05) is 0 Å². The lowest BCUT2D eigenvalue weighted by molar-refractivity contribution is 0.0159. The molecule has 0 aliphatic carbocycles. The number of Topliss-reactive ketones (excluding diaryl/α,β-unsaturated/α-hetero) is 1. The third-order valence-corrected chi connectivity index (χ3v) is 3.39. The normalized spacial score (nSPS) is 34.3. The highest BCUT2D eigenvalue weighted by Crippen LogP contribution is 2.19. The fourth-order valence-electron chi connectivity index (χ4n) is 2.46. The SMILES string of the molecule is O=C(c1ccoc1)C1CN2CCN1CC2. The van der Waals surface area contributed by atoms with E-state index in [0.29, 0.717) is 5.56 Å². The molecule has 1 aromatic rings. The smallest absolute Gasteiger partial charge is 0.184 e. The van der Waals surface area contributed by atoms with Gasteiger partial charge in [0, 0.05) is 32.7 Å². The molecule has 0 saturated carbocycles. The van der Waals surface area contributed by atoms with Gasteiger partial charge in [0.05, 0.1) is 17.9 Å². The zero-order valence-electron chi connectivity index (χ0n) is 8.56. The first-order valence-corrected chi connectivity index (χ1v) is 5.37. The van der Waals surface area contributed by atoms with Crippen molar-refractivity contribution in [2.75, 3.05) is 32.7 Å². The van der Waals surface area contributed by atoms with E-state index < -0.39 is 0 Å². The van der Waals surface area contributed by atoms with Crippen LogP contribution in [0.4, 0.5) is 0 Å². The van der Waals surface area contributed by atoms with E-state index in [-0.39, 0.29) is 11.8 Å². The molecule has 4 rings (SSSR count). The molecular formula is C11H14N2O2. The lowest BCUT2D eigenvalue weighted by Gasteiger charge is -2.46. The summed E-state index contributed by atoms with van der Waals surface area (Å²) < 4.78 is 4.95. The molecule has 3 aliphatic heterocycles. The van der Waals surface area contributed by atoms with Crippen molar-refractivity contribution in [2.24, 2.45) is 0 Å². The number of piperazine rings is 3. The third-order valence-electron chi connectivity index (χ3n) is 3.39. The van der Waals surface area contributed by atoms with Crippen molar-refractivity contribution in [3.8, 4) is 0 Å². The molecule has 3 saturated heterocycles. The van der Waals surface area contributed by atoms with Gasteiger partial charge in [-0.25, -0.2) is 0 Å². The summed E-state index contributed by atoms with van der Waals surface area (Å²) in [7, 11) is 0. The van der Waals surface area contributed by atoms with Gasteiger partial charge in [0.25, 0.3) is 0 Å². The van der Waals surface area contributed by atoms with Crippen LogP contribution in [-0.4, -0.2) is 54.3 Å². The highest BCUT2D eigenvalue weighted by atomic mass is 16.3.